The van der Waals surface area contributed by atoms with Gasteiger partial charge in [-0.1, -0.05) is 0 Å². The zero-order chi connectivity index (χ0) is 11.9. The van der Waals surface area contributed by atoms with E-state index in [0.29, 0.717) is 13.0 Å². The van der Waals surface area contributed by atoms with E-state index < -0.39 is 10.1 Å². The number of ether oxygens (including phenoxy) is 2. The third kappa shape index (κ3) is 7.16. The largest absolute Gasteiger partial charge is 0.353 e. The van der Waals surface area contributed by atoms with Crippen molar-refractivity contribution in [3.63, 3.8) is 0 Å². The SMILES string of the molecule is CS(=O)(=O)OCCCCOC1CCCCO1. The van der Waals surface area contributed by atoms with E-state index in [0.717, 1.165) is 38.5 Å². The lowest BCUT2D eigenvalue weighted by atomic mass is 10.2. The topological polar surface area (TPSA) is 61.8 Å². The van der Waals surface area contributed by atoms with Gasteiger partial charge in [0.2, 0.25) is 0 Å². The highest BCUT2D eigenvalue weighted by molar-refractivity contribution is 7.85. The predicted octanol–water partition coefficient (Wildman–Crippen LogP) is 1.29. The molecule has 1 aliphatic heterocycles. The van der Waals surface area contributed by atoms with Gasteiger partial charge in [0.25, 0.3) is 10.1 Å². The maximum Gasteiger partial charge on any atom is 0.264 e. The highest BCUT2D eigenvalue weighted by atomic mass is 32.2. The molecular formula is C10H20O5S. The first kappa shape index (κ1) is 13.9. The molecule has 1 unspecified atom stereocenters. The molecular weight excluding hydrogens is 232 g/mol. The molecule has 0 aromatic rings. The maximum absolute atomic E-state index is 10.6. The molecule has 6 heteroatoms. The van der Waals surface area contributed by atoms with Crippen LogP contribution in [-0.2, 0) is 23.8 Å². The number of hydrogen-bond donors (Lipinski definition) is 0. The van der Waals surface area contributed by atoms with Crippen LogP contribution in [0.15, 0.2) is 0 Å². The molecule has 0 aromatic carbocycles. The van der Waals surface area contributed by atoms with Crippen molar-refractivity contribution in [1.29, 1.82) is 0 Å². The van der Waals surface area contributed by atoms with Gasteiger partial charge in [-0.05, 0) is 32.1 Å². The fourth-order valence-corrected chi connectivity index (χ4v) is 1.89. The van der Waals surface area contributed by atoms with Gasteiger partial charge in [-0.2, -0.15) is 8.42 Å². The van der Waals surface area contributed by atoms with Crippen LogP contribution in [0.3, 0.4) is 0 Å². The van der Waals surface area contributed by atoms with Crippen molar-refractivity contribution in [3.8, 4) is 0 Å². The minimum Gasteiger partial charge on any atom is -0.353 e. The van der Waals surface area contributed by atoms with E-state index in [1.807, 2.05) is 0 Å². The molecule has 1 aliphatic rings. The zero-order valence-corrected chi connectivity index (χ0v) is 10.5. The standard InChI is InChI=1S/C10H20O5S/c1-16(11,12)15-9-5-4-8-14-10-6-2-3-7-13-10/h10H,2-9H2,1H3. The molecule has 1 fully saturated rings. The molecule has 1 heterocycles. The van der Waals surface area contributed by atoms with Crippen LogP contribution in [0.5, 0.6) is 0 Å². The van der Waals surface area contributed by atoms with Gasteiger partial charge in [0.05, 0.1) is 12.9 Å². The summed E-state index contributed by atoms with van der Waals surface area (Å²) in [5, 5.41) is 0. The van der Waals surface area contributed by atoms with Crippen LogP contribution in [-0.4, -0.2) is 40.8 Å². The van der Waals surface area contributed by atoms with Crippen molar-refractivity contribution < 1.29 is 22.1 Å². The summed E-state index contributed by atoms with van der Waals surface area (Å²) in [6, 6.07) is 0. The van der Waals surface area contributed by atoms with Gasteiger partial charge >= 0.3 is 0 Å². The Labute approximate surface area is 97.2 Å². The molecule has 1 saturated heterocycles. The fraction of sp³-hybridized carbons (Fsp3) is 1.00. The first-order valence-corrected chi connectivity index (χ1v) is 7.47. The molecule has 1 rings (SSSR count). The van der Waals surface area contributed by atoms with Crippen molar-refractivity contribution in [2.75, 3.05) is 26.1 Å². The lowest BCUT2D eigenvalue weighted by Crippen LogP contribution is -2.22. The van der Waals surface area contributed by atoms with Crippen LogP contribution >= 0.6 is 0 Å². The van der Waals surface area contributed by atoms with Crippen LogP contribution in [0.1, 0.15) is 32.1 Å². The molecule has 16 heavy (non-hydrogen) atoms. The van der Waals surface area contributed by atoms with E-state index in [9.17, 15) is 8.42 Å². The molecule has 0 aromatic heterocycles. The van der Waals surface area contributed by atoms with Gasteiger partial charge in [-0.15, -0.1) is 0 Å². The summed E-state index contributed by atoms with van der Waals surface area (Å²) in [6.07, 6.45) is 5.68. The van der Waals surface area contributed by atoms with Crippen LogP contribution in [0, 0.1) is 0 Å². The highest BCUT2D eigenvalue weighted by Gasteiger charge is 2.13. The second-order valence-corrected chi connectivity index (χ2v) is 5.54. The van der Waals surface area contributed by atoms with Crippen molar-refractivity contribution in [2.45, 2.75) is 38.4 Å². The van der Waals surface area contributed by atoms with Crippen LogP contribution in [0.2, 0.25) is 0 Å². The van der Waals surface area contributed by atoms with E-state index in [1.165, 1.54) is 0 Å². The minimum absolute atomic E-state index is 0.0652. The Morgan fingerprint density at radius 2 is 2.00 bits per heavy atom. The van der Waals surface area contributed by atoms with Gasteiger partial charge in [-0.3, -0.25) is 4.18 Å². The average Bonchev–Trinajstić information content (AvgIpc) is 2.23. The molecule has 0 spiro atoms. The molecule has 0 saturated carbocycles. The first-order chi connectivity index (χ1) is 7.58. The Balaban J connectivity index is 1.91. The van der Waals surface area contributed by atoms with Crippen molar-refractivity contribution in [2.24, 2.45) is 0 Å². The molecule has 0 N–H and O–H groups in total. The number of hydrogen-bond acceptors (Lipinski definition) is 5. The number of rotatable bonds is 7. The van der Waals surface area contributed by atoms with E-state index in [1.54, 1.807) is 0 Å². The Kier molecular flexibility index (Phi) is 6.26. The summed E-state index contributed by atoms with van der Waals surface area (Å²) in [5.41, 5.74) is 0. The monoisotopic (exact) mass is 252 g/mol. The minimum atomic E-state index is -3.30. The second kappa shape index (κ2) is 7.21. The maximum atomic E-state index is 10.6. The second-order valence-electron chi connectivity index (χ2n) is 3.90. The Bertz CT molecular complexity index is 269. The van der Waals surface area contributed by atoms with Crippen molar-refractivity contribution in [1.82, 2.24) is 0 Å². The molecule has 0 aliphatic carbocycles. The van der Waals surface area contributed by atoms with E-state index in [-0.39, 0.29) is 12.9 Å². The summed E-state index contributed by atoms with van der Waals surface area (Å²) in [4.78, 5) is 0. The first-order valence-electron chi connectivity index (χ1n) is 5.65. The molecule has 0 radical (unpaired) electrons. The quantitative estimate of drug-likeness (QED) is 0.504. The molecule has 1 atom stereocenters. The summed E-state index contributed by atoms with van der Waals surface area (Å²) in [5.74, 6) is 0. The van der Waals surface area contributed by atoms with Crippen LogP contribution in [0.4, 0.5) is 0 Å². The summed E-state index contributed by atoms with van der Waals surface area (Å²) < 4.78 is 36.8. The normalized spacial score (nSPS) is 22.2. The smallest absolute Gasteiger partial charge is 0.264 e. The Morgan fingerprint density at radius 1 is 1.25 bits per heavy atom. The predicted molar refractivity (Wildman–Crippen MR) is 59.6 cm³/mol. The van der Waals surface area contributed by atoms with Crippen LogP contribution in [0.25, 0.3) is 0 Å². The number of unbranched alkanes of at least 4 members (excludes halogenated alkanes) is 1. The van der Waals surface area contributed by atoms with Gasteiger partial charge in [0.15, 0.2) is 6.29 Å². The Hall–Kier alpha value is -0.170. The van der Waals surface area contributed by atoms with Gasteiger partial charge < -0.3 is 9.47 Å². The zero-order valence-electron chi connectivity index (χ0n) is 9.68. The lowest BCUT2D eigenvalue weighted by Gasteiger charge is -2.22. The highest BCUT2D eigenvalue weighted by Crippen LogP contribution is 2.13. The van der Waals surface area contributed by atoms with Crippen molar-refractivity contribution in [3.05, 3.63) is 0 Å². The van der Waals surface area contributed by atoms with E-state index in [2.05, 4.69) is 4.18 Å². The van der Waals surface area contributed by atoms with Gasteiger partial charge in [-0.25, -0.2) is 0 Å². The van der Waals surface area contributed by atoms with E-state index in [4.69, 9.17) is 9.47 Å². The summed E-state index contributed by atoms with van der Waals surface area (Å²) in [7, 11) is -3.30. The summed E-state index contributed by atoms with van der Waals surface area (Å²) >= 11 is 0. The lowest BCUT2D eigenvalue weighted by molar-refractivity contribution is -0.162. The molecule has 5 nitrogen and oxygen atoms in total. The van der Waals surface area contributed by atoms with Crippen LogP contribution < -0.4 is 0 Å². The molecule has 0 amide bonds. The molecule has 96 valence electrons. The van der Waals surface area contributed by atoms with E-state index >= 15 is 0 Å². The Morgan fingerprint density at radius 3 is 2.62 bits per heavy atom. The third-order valence-corrected chi connectivity index (χ3v) is 2.87. The third-order valence-electron chi connectivity index (χ3n) is 2.28. The fourth-order valence-electron chi connectivity index (χ4n) is 1.47. The average molecular weight is 252 g/mol. The molecule has 0 bridgehead atoms. The van der Waals surface area contributed by atoms with Crippen molar-refractivity contribution >= 4 is 10.1 Å². The van der Waals surface area contributed by atoms with Gasteiger partial charge in [0.1, 0.15) is 0 Å². The summed E-state index contributed by atoms with van der Waals surface area (Å²) in [6.45, 7) is 1.60. The van der Waals surface area contributed by atoms with Gasteiger partial charge in [0, 0.05) is 13.2 Å².